The third kappa shape index (κ3) is 13.3. The Balaban J connectivity index is 1.75. The number of rotatable bonds is 18. The molecule has 1 aliphatic rings. The normalized spacial score (nSPS) is 20.1. The van der Waals surface area contributed by atoms with E-state index in [0.717, 1.165) is 45.9 Å². The van der Waals surface area contributed by atoms with Crippen LogP contribution >= 0.6 is 0 Å². The van der Waals surface area contributed by atoms with Crippen LogP contribution < -0.4 is 0 Å². The summed E-state index contributed by atoms with van der Waals surface area (Å²) in [5.74, 6) is -6.29. The van der Waals surface area contributed by atoms with Gasteiger partial charge in [0.25, 0.3) is 5.79 Å². The number of hydrogen-bond acceptors (Lipinski definition) is 14. The summed E-state index contributed by atoms with van der Waals surface area (Å²) in [5, 5.41) is 0. The molecule has 52 heavy (non-hydrogen) atoms. The van der Waals surface area contributed by atoms with Gasteiger partial charge in [-0.05, 0) is 30.4 Å². The summed E-state index contributed by atoms with van der Waals surface area (Å²) < 4.78 is 44.2. The average Bonchev–Trinajstić information content (AvgIpc) is 3.10. The second kappa shape index (κ2) is 20.7. The van der Waals surface area contributed by atoms with E-state index < -0.39 is 79.2 Å². The zero-order chi connectivity index (χ0) is 38.1. The van der Waals surface area contributed by atoms with Gasteiger partial charge in [0.15, 0.2) is 12.2 Å². The number of esters is 5. The Labute approximate surface area is 302 Å². The van der Waals surface area contributed by atoms with Gasteiger partial charge in [0.2, 0.25) is 0 Å². The Morgan fingerprint density at radius 3 is 2.00 bits per heavy atom. The Kier molecular flexibility index (Phi) is 16.5. The maximum atomic E-state index is 13.4. The summed E-state index contributed by atoms with van der Waals surface area (Å²) in [6.07, 6.45) is -5.11. The predicted molar refractivity (Wildman–Crippen MR) is 181 cm³/mol. The number of amides is 1. The van der Waals surface area contributed by atoms with Crippen molar-refractivity contribution in [1.82, 2.24) is 4.90 Å². The third-order valence-electron chi connectivity index (χ3n) is 7.82. The number of unbranched alkanes of at least 4 members (excludes halogenated alkanes) is 2. The van der Waals surface area contributed by atoms with Crippen LogP contribution in [0.4, 0.5) is 4.79 Å². The molecule has 5 atom stereocenters. The second-order valence-corrected chi connectivity index (χ2v) is 12.1. The SMILES string of the molecule is COC(=O)[C@@]1(OCCCCCN(Cc2ccccc2)C(=O)OCc2ccccc2)C[C@@H](OC(C)=O)[C@@H](OC(C)=O)C([C@@H](COC(C)=O)OC(C)=O)O1. The van der Waals surface area contributed by atoms with Crippen LogP contribution in [-0.2, 0) is 75.0 Å². The van der Waals surface area contributed by atoms with Crippen LogP contribution in [0, 0.1) is 0 Å². The summed E-state index contributed by atoms with van der Waals surface area (Å²) in [6, 6.07) is 18.9. The summed E-state index contributed by atoms with van der Waals surface area (Å²) in [7, 11) is 1.10. The lowest BCUT2D eigenvalue weighted by Gasteiger charge is -2.46. The number of hydrogen-bond donors (Lipinski definition) is 0. The molecule has 1 heterocycles. The highest BCUT2D eigenvalue weighted by Gasteiger charge is 2.59. The number of nitrogens with zero attached hydrogens (tertiary/aromatic N) is 1. The average molecular weight is 730 g/mol. The van der Waals surface area contributed by atoms with E-state index in [1.165, 1.54) is 0 Å². The van der Waals surface area contributed by atoms with Crippen molar-refractivity contribution in [3.05, 3.63) is 71.8 Å². The maximum Gasteiger partial charge on any atom is 0.410 e. The van der Waals surface area contributed by atoms with Crippen molar-refractivity contribution in [2.24, 2.45) is 0 Å². The molecule has 15 nitrogen and oxygen atoms in total. The van der Waals surface area contributed by atoms with Crippen LogP contribution in [0.1, 0.15) is 64.5 Å². The number of carbonyl (C=O) groups excluding carboxylic acids is 6. The topological polar surface area (TPSA) is 180 Å². The zero-order valence-corrected chi connectivity index (χ0v) is 30.1. The lowest BCUT2D eigenvalue weighted by atomic mass is 9.91. The molecule has 1 saturated heterocycles. The molecule has 0 saturated carbocycles. The molecule has 1 fully saturated rings. The predicted octanol–water partition coefficient (Wildman–Crippen LogP) is 4.03. The molecule has 284 valence electrons. The van der Waals surface area contributed by atoms with E-state index >= 15 is 0 Å². The molecule has 1 amide bonds. The van der Waals surface area contributed by atoms with E-state index in [1.807, 2.05) is 60.7 Å². The van der Waals surface area contributed by atoms with Crippen LogP contribution in [0.25, 0.3) is 0 Å². The van der Waals surface area contributed by atoms with Crippen LogP contribution in [0.3, 0.4) is 0 Å². The summed E-state index contributed by atoms with van der Waals surface area (Å²) in [4.78, 5) is 76.2. The largest absolute Gasteiger partial charge is 0.465 e. The van der Waals surface area contributed by atoms with E-state index in [4.69, 9.17) is 37.9 Å². The van der Waals surface area contributed by atoms with Gasteiger partial charge in [-0.25, -0.2) is 9.59 Å². The smallest absolute Gasteiger partial charge is 0.410 e. The molecule has 1 aliphatic heterocycles. The first-order valence-electron chi connectivity index (χ1n) is 16.9. The van der Waals surface area contributed by atoms with Crippen molar-refractivity contribution in [1.29, 1.82) is 0 Å². The highest BCUT2D eigenvalue weighted by Crippen LogP contribution is 2.37. The van der Waals surface area contributed by atoms with Gasteiger partial charge in [0.1, 0.15) is 25.4 Å². The van der Waals surface area contributed by atoms with E-state index in [9.17, 15) is 28.8 Å². The van der Waals surface area contributed by atoms with Crippen LogP contribution in [0.2, 0.25) is 0 Å². The lowest BCUT2D eigenvalue weighted by molar-refractivity contribution is -0.327. The molecule has 1 unspecified atom stereocenters. The first-order chi connectivity index (χ1) is 24.8. The number of methoxy groups -OCH3 is 1. The summed E-state index contributed by atoms with van der Waals surface area (Å²) in [6.45, 7) is 4.68. The molecular weight excluding hydrogens is 682 g/mol. The van der Waals surface area contributed by atoms with Gasteiger partial charge in [-0.2, -0.15) is 0 Å². The highest BCUT2D eigenvalue weighted by molar-refractivity contribution is 5.78. The van der Waals surface area contributed by atoms with Gasteiger partial charge in [0, 0.05) is 40.8 Å². The van der Waals surface area contributed by atoms with Crippen molar-refractivity contribution >= 4 is 35.9 Å². The van der Waals surface area contributed by atoms with Gasteiger partial charge in [0.05, 0.1) is 20.1 Å². The van der Waals surface area contributed by atoms with Gasteiger partial charge in [-0.1, -0.05) is 60.7 Å². The molecular formula is C37H47NO14. The van der Waals surface area contributed by atoms with Crippen molar-refractivity contribution in [2.45, 2.75) is 96.7 Å². The fraction of sp³-hybridized carbons (Fsp3) is 0.514. The first kappa shape index (κ1) is 41.4. The van der Waals surface area contributed by atoms with E-state index in [0.29, 0.717) is 32.4 Å². The Morgan fingerprint density at radius 2 is 1.42 bits per heavy atom. The van der Waals surface area contributed by atoms with Gasteiger partial charge < -0.3 is 42.8 Å². The molecule has 3 rings (SSSR count). The second-order valence-electron chi connectivity index (χ2n) is 12.1. The quantitative estimate of drug-likeness (QED) is 0.122. The summed E-state index contributed by atoms with van der Waals surface area (Å²) in [5.41, 5.74) is 1.79. The molecule has 0 aliphatic carbocycles. The Bertz CT molecular complexity index is 1490. The molecule has 0 bridgehead atoms. The monoisotopic (exact) mass is 729 g/mol. The molecule has 0 N–H and O–H groups in total. The fourth-order valence-electron chi connectivity index (χ4n) is 5.59. The standard InChI is InChI=1S/C37H47NO14/c1-25(39)46-24-32(50-27(3)41)34-33(51-28(4)42)31(49-26(2)40)21-37(52-34,35(43)45-5)48-20-14-8-13-19-38(22-29-15-9-6-10-16-29)36(44)47-23-30-17-11-7-12-18-30/h6-7,9-12,15-18,31-34H,8,13-14,19-24H2,1-5H3/t31-,32-,33-,34?,37-/m1/s1. The summed E-state index contributed by atoms with van der Waals surface area (Å²) >= 11 is 0. The van der Waals surface area contributed by atoms with Gasteiger partial charge in [-0.3, -0.25) is 19.2 Å². The van der Waals surface area contributed by atoms with Crippen molar-refractivity contribution < 1.29 is 66.7 Å². The Hall–Kier alpha value is -5.02. The minimum absolute atomic E-state index is 0.0633. The minimum Gasteiger partial charge on any atom is -0.465 e. The number of benzene rings is 2. The van der Waals surface area contributed by atoms with Gasteiger partial charge in [-0.15, -0.1) is 0 Å². The zero-order valence-electron chi connectivity index (χ0n) is 30.1. The highest BCUT2D eigenvalue weighted by atomic mass is 16.8. The number of carbonyl (C=O) groups is 6. The molecule has 15 heteroatoms. The van der Waals surface area contributed by atoms with Crippen LogP contribution in [0.15, 0.2) is 60.7 Å². The minimum atomic E-state index is -2.22. The van der Waals surface area contributed by atoms with E-state index in [2.05, 4.69) is 0 Å². The van der Waals surface area contributed by atoms with Crippen LogP contribution in [-0.4, -0.2) is 97.9 Å². The number of ether oxygens (including phenoxy) is 8. The third-order valence-corrected chi connectivity index (χ3v) is 7.82. The van der Waals surface area contributed by atoms with Crippen molar-refractivity contribution in [2.75, 3.05) is 26.9 Å². The van der Waals surface area contributed by atoms with Gasteiger partial charge >= 0.3 is 35.9 Å². The Morgan fingerprint density at radius 1 is 0.788 bits per heavy atom. The maximum absolute atomic E-state index is 13.4. The molecule has 0 spiro atoms. The first-order valence-corrected chi connectivity index (χ1v) is 16.9. The lowest BCUT2D eigenvalue weighted by Crippen LogP contribution is -2.65. The van der Waals surface area contributed by atoms with Crippen molar-refractivity contribution in [3.63, 3.8) is 0 Å². The molecule has 2 aromatic rings. The van der Waals surface area contributed by atoms with Crippen molar-refractivity contribution in [3.8, 4) is 0 Å². The molecule has 0 radical (unpaired) electrons. The molecule has 2 aromatic carbocycles. The molecule has 0 aromatic heterocycles. The van der Waals surface area contributed by atoms with E-state index in [1.54, 1.807) is 4.90 Å². The fourth-order valence-corrected chi connectivity index (χ4v) is 5.59. The van der Waals surface area contributed by atoms with Crippen LogP contribution in [0.5, 0.6) is 0 Å². The van der Waals surface area contributed by atoms with E-state index in [-0.39, 0.29) is 13.2 Å².